The molecular formula is C15H16N4. The van der Waals surface area contributed by atoms with E-state index in [-0.39, 0.29) is 0 Å². The molecule has 3 aromatic rings. The molecule has 0 unspecified atom stereocenters. The number of nitrogens with two attached hydrogens (primary N) is 1. The normalized spacial score (nSPS) is 11.1. The van der Waals surface area contributed by atoms with E-state index in [4.69, 9.17) is 5.73 Å². The number of nitrogen functional groups attached to an aromatic ring is 1. The van der Waals surface area contributed by atoms with Gasteiger partial charge in [0.25, 0.3) is 0 Å². The van der Waals surface area contributed by atoms with Crippen LogP contribution in [0, 0.1) is 6.92 Å². The Morgan fingerprint density at radius 1 is 1.16 bits per heavy atom. The van der Waals surface area contributed by atoms with Crippen LogP contribution >= 0.6 is 0 Å². The van der Waals surface area contributed by atoms with E-state index >= 15 is 0 Å². The Bertz CT molecular complexity index is 726. The van der Waals surface area contributed by atoms with Gasteiger partial charge in [-0.2, -0.15) is 0 Å². The van der Waals surface area contributed by atoms with Crippen molar-refractivity contribution < 1.29 is 0 Å². The van der Waals surface area contributed by atoms with Gasteiger partial charge in [0.2, 0.25) is 0 Å². The fourth-order valence-corrected chi connectivity index (χ4v) is 2.34. The Morgan fingerprint density at radius 2 is 1.89 bits per heavy atom. The Labute approximate surface area is 111 Å². The predicted octanol–water partition coefficient (Wildman–Crippen LogP) is 3.01. The number of hydrogen-bond acceptors (Lipinski definition) is 3. The van der Waals surface area contributed by atoms with Crippen LogP contribution in [0.5, 0.6) is 0 Å². The van der Waals surface area contributed by atoms with Crippen molar-refractivity contribution in [3.8, 4) is 11.1 Å². The third-order valence-corrected chi connectivity index (χ3v) is 3.39. The summed E-state index contributed by atoms with van der Waals surface area (Å²) in [6.45, 7) is 5.03. The van der Waals surface area contributed by atoms with Gasteiger partial charge < -0.3 is 10.3 Å². The highest BCUT2D eigenvalue weighted by atomic mass is 15.1. The van der Waals surface area contributed by atoms with Crippen molar-refractivity contribution in [2.45, 2.75) is 20.4 Å². The van der Waals surface area contributed by atoms with Gasteiger partial charge >= 0.3 is 0 Å². The molecule has 0 bridgehead atoms. The van der Waals surface area contributed by atoms with E-state index in [2.05, 4.69) is 58.8 Å². The summed E-state index contributed by atoms with van der Waals surface area (Å²) < 4.78 is 2.10. The van der Waals surface area contributed by atoms with Crippen molar-refractivity contribution in [2.75, 3.05) is 5.73 Å². The Morgan fingerprint density at radius 3 is 2.58 bits per heavy atom. The summed E-state index contributed by atoms with van der Waals surface area (Å²) in [5.41, 5.74) is 10.4. The van der Waals surface area contributed by atoms with Crippen molar-refractivity contribution in [1.29, 1.82) is 0 Å². The lowest BCUT2D eigenvalue weighted by molar-refractivity contribution is 0.787. The maximum atomic E-state index is 6.03. The van der Waals surface area contributed by atoms with Crippen molar-refractivity contribution >= 4 is 16.9 Å². The lowest BCUT2D eigenvalue weighted by Gasteiger charge is -2.01. The smallest absolute Gasteiger partial charge is 0.146 e. The van der Waals surface area contributed by atoms with E-state index in [1.807, 2.05) is 0 Å². The zero-order valence-electron chi connectivity index (χ0n) is 11.1. The molecule has 0 aliphatic rings. The highest BCUT2D eigenvalue weighted by Crippen LogP contribution is 2.32. The van der Waals surface area contributed by atoms with Gasteiger partial charge in [0.15, 0.2) is 0 Å². The van der Waals surface area contributed by atoms with E-state index in [0.29, 0.717) is 5.82 Å². The van der Waals surface area contributed by atoms with Crippen LogP contribution in [0.15, 0.2) is 36.8 Å². The van der Waals surface area contributed by atoms with Gasteiger partial charge in [0, 0.05) is 18.3 Å². The van der Waals surface area contributed by atoms with Gasteiger partial charge in [-0.05, 0) is 19.4 Å². The number of benzene rings is 1. The Kier molecular flexibility index (Phi) is 2.71. The van der Waals surface area contributed by atoms with E-state index in [1.165, 1.54) is 11.9 Å². The van der Waals surface area contributed by atoms with Crippen molar-refractivity contribution in [3.05, 3.63) is 42.4 Å². The molecule has 0 fully saturated rings. The molecule has 19 heavy (non-hydrogen) atoms. The first-order valence-corrected chi connectivity index (χ1v) is 6.37. The summed E-state index contributed by atoms with van der Waals surface area (Å²) in [4.78, 5) is 8.46. The van der Waals surface area contributed by atoms with E-state index < -0.39 is 0 Å². The van der Waals surface area contributed by atoms with Crippen LogP contribution in [0.25, 0.3) is 22.2 Å². The Balaban J connectivity index is 2.32. The minimum absolute atomic E-state index is 0.535. The average Bonchev–Trinajstić information content (AvgIpc) is 2.80. The monoisotopic (exact) mass is 252 g/mol. The second-order valence-corrected chi connectivity index (χ2v) is 4.65. The largest absolute Gasteiger partial charge is 0.383 e. The molecule has 3 rings (SSSR count). The van der Waals surface area contributed by atoms with Crippen molar-refractivity contribution in [1.82, 2.24) is 14.5 Å². The highest BCUT2D eigenvalue weighted by molar-refractivity contribution is 6.00. The molecule has 0 aliphatic heterocycles. The van der Waals surface area contributed by atoms with Crippen LogP contribution in [0.4, 0.5) is 5.82 Å². The topological polar surface area (TPSA) is 56.7 Å². The molecule has 2 heterocycles. The number of aryl methyl sites for hydroxylation is 2. The average molecular weight is 252 g/mol. The summed E-state index contributed by atoms with van der Waals surface area (Å²) in [6.07, 6.45) is 3.61. The number of fused-ring (bicyclic) bond motifs is 1. The predicted molar refractivity (Wildman–Crippen MR) is 77.8 cm³/mol. The number of rotatable bonds is 2. The van der Waals surface area contributed by atoms with Crippen LogP contribution in [-0.2, 0) is 6.54 Å². The minimum Gasteiger partial charge on any atom is -0.383 e. The van der Waals surface area contributed by atoms with Gasteiger partial charge in [0.05, 0.1) is 5.39 Å². The molecule has 0 amide bonds. The molecule has 0 saturated carbocycles. The first-order chi connectivity index (χ1) is 9.20. The molecule has 0 spiro atoms. The number of aromatic nitrogens is 3. The van der Waals surface area contributed by atoms with Crippen LogP contribution in [0.3, 0.4) is 0 Å². The van der Waals surface area contributed by atoms with Crippen molar-refractivity contribution in [3.63, 3.8) is 0 Å². The third kappa shape index (κ3) is 1.85. The highest BCUT2D eigenvalue weighted by Gasteiger charge is 2.13. The lowest BCUT2D eigenvalue weighted by Crippen LogP contribution is -1.96. The van der Waals surface area contributed by atoms with Crippen molar-refractivity contribution in [2.24, 2.45) is 0 Å². The van der Waals surface area contributed by atoms with Crippen LogP contribution in [-0.4, -0.2) is 14.5 Å². The lowest BCUT2D eigenvalue weighted by atomic mass is 10.0. The van der Waals surface area contributed by atoms with Gasteiger partial charge in [-0.1, -0.05) is 29.8 Å². The fraction of sp³-hybridized carbons (Fsp3) is 0.200. The molecular weight excluding hydrogens is 236 g/mol. The minimum atomic E-state index is 0.535. The zero-order chi connectivity index (χ0) is 13.4. The molecule has 0 saturated heterocycles. The van der Waals surface area contributed by atoms with E-state index in [9.17, 15) is 0 Å². The first-order valence-electron chi connectivity index (χ1n) is 6.37. The van der Waals surface area contributed by atoms with E-state index in [0.717, 1.165) is 28.7 Å². The van der Waals surface area contributed by atoms with Gasteiger partial charge in [-0.25, -0.2) is 9.97 Å². The summed E-state index contributed by atoms with van der Waals surface area (Å²) in [5, 5.41) is 0.938. The number of nitrogens with zero attached hydrogens (tertiary/aromatic N) is 3. The van der Waals surface area contributed by atoms with Gasteiger partial charge in [-0.3, -0.25) is 0 Å². The van der Waals surface area contributed by atoms with Crippen LogP contribution in [0.2, 0.25) is 0 Å². The van der Waals surface area contributed by atoms with Crippen LogP contribution < -0.4 is 5.73 Å². The van der Waals surface area contributed by atoms with Gasteiger partial charge in [-0.15, -0.1) is 0 Å². The summed E-state index contributed by atoms with van der Waals surface area (Å²) in [5.74, 6) is 0.535. The van der Waals surface area contributed by atoms with Crippen LogP contribution in [0.1, 0.15) is 12.5 Å². The standard InChI is InChI=1S/C15H16N4/c1-3-19-8-12(11-6-4-10(2)5-7-11)13-14(16)17-9-18-15(13)19/h4-9H,3H2,1-2H3,(H2,16,17,18). The summed E-state index contributed by atoms with van der Waals surface area (Å²) >= 11 is 0. The summed E-state index contributed by atoms with van der Waals surface area (Å²) in [6, 6.07) is 8.42. The third-order valence-electron chi connectivity index (χ3n) is 3.39. The molecule has 4 nitrogen and oxygen atoms in total. The number of anilines is 1. The zero-order valence-corrected chi connectivity index (χ0v) is 11.1. The Hall–Kier alpha value is -2.36. The maximum Gasteiger partial charge on any atom is 0.146 e. The molecule has 2 aromatic heterocycles. The first kappa shape index (κ1) is 11.7. The fourth-order valence-electron chi connectivity index (χ4n) is 2.34. The molecule has 96 valence electrons. The second kappa shape index (κ2) is 4.39. The quantitative estimate of drug-likeness (QED) is 0.762. The molecule has 0 aliphatic carbocycles. The second-order valence-electron chi connectivity index (χ2n) is 4.65. The van der Waals surface area contributed by atoms with E-state index in [1.54, 1.807) is 0 Å². The summed E-state index contributed by atoms with van der Waals surface area (Å²) in [7, 11) is 0. The molecule has 0 atom stereocenters. The molecule has 4 heteroatoms. The van der Waals surface area contributed by atoms with Gasteiger partial charge in [0.1, 0.15) is 17.8 Å². The maximum absolute atomic E-state index is 6.03. The molecule has 1 aromatic carbocycles. The molecule has 2 N–H and O–H groups in total. The SMILES string of the molecule is CCn1cc(-c2ccc(C)cc2)c2c(N)ncnc21. The molecule has 0 radical (unpaired) electrons. The number of hydrogen-bond donors (Lipinski definition) is 1.